The van der Waals surface area contributed by atoms with Crippen molar-refractivity contribution >= 4 is 41.3 Å². The highest BCUT2D eigenvalue weighted by atomic mass is 35.5. The van der Waals surface area contributed by atoms with Crippen molar-refractivity contribution < 1.29 is 23.8 Å². The van der Waals surface area contributed by atoms with E-state index in [0.29, 0.717) is 40.0 Å². The van der Waals surface area contributed by atoms with Gasteiger partial charge in [0.15, 0.2) is 6.61 Å². The molecule has 0 saturated carbocycles. The minimum absolute atomic E-state index is 0.236. The van der Waals surface area contributed by atoms with Crippen LogP contribution in [0.3, 0.4) is 0 Å². The summed E-state index contributed by atoms with van der Waals surface area (Å²) in [5.74, 6) is 0.458. The van der Waals surface area contributed by atoms with E-state index in [1.807, 2.05) is 0 Å². The normalized spacial score (nSPS) is 10.7. The first-order valence-corrected chi connectivity index (χ1v) is 11.7. The van der Waals surface area contributed by atoms with Crippen LogP contribution in [0.2, 0.25) is 10.0 Å². The van der Waals surface area contributed by atoms with E-state index in [1.165, 1.54) is 6.21 Å². The van der Waals surface area contributed by atoms with E-state index in [-0.39, 0.29) is 11.6 Å². The number of carbonyl (C=O) groups is 2. The molecule has 0 aromatic heterocycles. The van der Waals surface area contributed by atoms with Gasteiger partial charge in [-0.25, -0.2) is 10.2 Å². The van der Waals surface area contributed by atoms with Gasteiger partial charge in [-0.15, -0.1) is 0 Å². The topological polar surface area (TPSA) is 86.2 Å². The van der Waals surface area contributed by atoms with E-state index < -0.39 is 11.9 Å². The molecule has 9 heteroatoms. The summed E-state index contributed by atoms with van der Waals surface area (Å²) in [6.07, 6.45) is 3.48. The average molecular weight is 515 g/mol. The van der Waals surface area contributed by atoms with Crippen molar-refractivity contribution in [2.45, 2.75) is 19.8 Å². The molecule has 0 radical (unpaired) electrons. The fourth-order valence-electron chi connectivity index (χ4n) is 2.76. The molecule has 7 nitrogen and oxygen atoms in total. The number of rotatable bonds is 11. The third-order valence-electron chi connectivity index (χ3n) is 4.63. The summed E-state index contributed by atoms with van der Waals surface area (Å²) in [5, 5.41) is 4.45. The lowest BCUT2D eigenvalue weighted by Gasteiger charge is -2.08. The Balaban J connectivity index is 1.44. The maximum Gasteiger partial charge on any atom is 0.343 e. The molecule has 1 amide bonds. The Kier molecular flexibility index (Phi) is 9.95. The molecule has 0 fully saturated rings. The zero-order chi connectivity index (χ0) is 25.0. The Bertz CT molecular complexity index is 1170. The highest BCUT2D eigenvalue weighted by Gasteiger charge is 2.10. The third kappa shape index (κ3) is 8.31. The standard InChI is InChI=1S/C26H24Cl2N2O5/c1-2-3-15-33-20-13-9-19(10-14-20)26(32)35-21-11-7-18(8-12-21)16-29-30-24(31)17-34-23-6-4-5-22(27)25(23)28/h4-14,16H,2-3,15,17H2,1H3,(H,30,31)/b29-16+. The summed E-state index contributed by atoms with van der Waals surface area (Å²) < 4.78 is 16.3. The van der Waals surface area contributed by atoms with Crippen LogP contribution in [-0.4, -0.2) is 31.3 Å². The van der Waals surface area contributed by atoms with Gasteiger partial charge in [-0.3, -0.25) is 4.79 Å². The smallest absolute Gasteiger partial charge is 0.343 e. The maximum absolute atomic E-state index is 12.4. The average Bonchev–Trinajstić information content (AvgIpc) is 2.86. The van der Waals surface area contributed by atoms with Gasteiger partial charge in [0.05, 0.1) is 23.4 Å². The van der Waals surface area contributed by atoms with Crippen molar-refractivity contribution in [3.8, 4) is 17.2 Å². The van der Waals surface area contributed by atoms with Gasteiger partial charge >= 0.3 is 5.97 Å². The predicted octanol–water partition coefficient (Wildman–Crippen LogP) is 5.92. The summed E-state index contributed by atoms with van der Waals surface area (Å²) >= 11 is 11.9. The molecule has 35 heavy (non-hydrogen) atoms. The lowest BCUT2D eigenvalue weighted by Crippen LogP contribution is -2.24. The number of hydrogen-bond acceptors (Lipinski definition) is 6. The Morgan fingerprint density at radius 3 is 2.37 bits per heavy atom. The van der Waals surface area contributed by atoms with E-state index in [4.69, 9.17) is 37.4 Å². The molecule has 182 valence electrons. The molecule has 3 aromatic carbocycles. The molecule has 0 bridgehead atoms. The van der Waals surface area contributed by atoms with Gasteiger partial charge < -0.3 is 14.2 Å². The number of ether oxygens (including phenoxy) is 3. The minimum Gasteiger partial charge on any atom is -0.494 e. The number of unbranched alkanes of at least 4 members (excludes halogenated alkanes) is 1. The van der Waals surface area contributed by atoms with E-state index in [0.717, 1.165) is 12.8 Å². The zero-order valence-electron chi connectivity index (χ0n) is 19.0. The predicted molar refractivity (Wildman–Crippen MR) is 136 cm³/mol. The largest absolute Gasteiger partial charge is 0.494 e. The summed E-state index contributed by atoms with van der Waals surface area (Å²) in [4.78, 5) is 24.3. The molecule has 0 heterocycles. The lowest BCUT2D eigenvalue weighted by molar-refractivity contribution is -0.123. The van der Waals surface area contributed by atoms with Crippen LogP contribution in [-0.2, 0) is 4.79 Å². The van der Waals surface area contributed by atoms with E-state index in [2.05, 4.69) is 17.5 Å². The van der Waals surface area contributed by atoms with Crippen LogP contribution in [0.4, 0.5) is 0 Å². The molecule has 0 unspecified atom stereocenters. The number of halogens is 2. The summed E-state index contributed by atoms with van der Waals surface area (Å²) in [6.45, 7) is 2.46. The quantitative estimate of drug-likeness (QED) is 0.113. The number of carbonyl (C=O) groups excluding carboxylic acids is 2. The Hall–Kier alpha value is -3.55. The second-order valence-electron chi connectivity index (χ2n) is 7.32. The van der Waals surface area contributed by atoms with Gasteiger partial charge in [-0.1, -0.05) is 42.6 Å². The first-order chi connectivity index (χ1) is 17.0. The Labute approximate surface area is 213 Å². The second kappa shape index (κ2) is 13.4. The molecular formula is C26H24Cl2N2O5. The van der Waals surface area contributed by atoms with Gasteiger partial charge in [0.1, 0.15) is 22.3 Å². The number of nitrogens with zero attached hydrogens (tertiary/aromatic N) is 1. The van der Waals surface area contributed by atoms with E-state index in [1.54, 1.807) is 66.7 Å². The Morgan fingerprint density at radius 1 is 0.943 bits per heavy atom. The van der Waals surface area contributed by atoms with Crippen LogP contribution >= 0.6 is 23.2 Å². The van der Waals surface area contributed by atoms with Crippen LogP contribution in [0.25, 0.3) is 0 Å². The molecule has 0 aliphatic heterocycles. The minimum atomic E-state index is -0.474. The molecule has 0 aliphatic rings. The van der Waals surface area contributed by atoms with Crippen molar-refractivity contribution in [2.75, 3.05) is 13.2 Å². The van der Waals surface area contributed by atoms with E-state index in [9.17, 15) is 9.59 Å². The van der Waals surface area contributed by atoms with Crippen LogP contribution in [0.15, 0.2) is 71.8 Å². The van der Waals surface area contributed by atoms with Crippen LogP contribution in [0, 0.1) is 0 Å². The number of benzene rings is 3. The van der Waals surface area contributed by atoms with Gasteiger partial charge in [-0.2, -0.15) is 5.10 Å². The zero-order valence-corrected chi connectivity index (χ0v) is 20.5. The maximum atomic E-state index is 12.4. The van der Waals surface area contributed by atoms with Crippen LogP contribution in [0.5, 0.6) is 17.2 Å². The lowest BCUT2D eigenvalue weighted by atomic mass is 10.2. The summed E-state index contributed by atoms with van der Waals surface area (Å²) in [5.41, 5.74) is 3.47. The summed E-state index contributed by atoms with van der Waals surface area (Å²) in [6, 6.07) is 18.4. The highest BCUT2D eigenvalue weighted by molar-refractivity contribution is 6.42. The molecule has 1 N–H and O–H groups in total. The number of nitrogens with one attached hydrogen (secondary N) is 1. The molecule has 0 spiro atoms. The molecule has 3 rings (SSSR count). The fourth-order valence-corrected chi connectivity index (χ4v) is 3.11. The second-order valence-corrected chi connectivity index (χ2v) is 8.10. The van der Waals surface area contributed by atoms with Gasteiger partial charge in [0.2, 0.25) is 0 Å². The third-order valence-corrected chi connectivity index (χ3v) is 5.43. The fraction of sp³-hybridized carbons (Fsp3) is 0.192. The van der Waals surface area contributed by atoms with Crippen molar-refractivity contribution in [1.82, 2.24) is 5.43 Å². The number of hydrogen-bond donors (Lipinski definition) is 1. The number of esters is 1. The van der Waals surface area contributed by atoms with Crippen molar-refractivity contribution in [2.24, 2.45) is 5.10 Å². The van der Waals surface area contributed by atoms with Crippen molar-refractivity contribution in [3.05, 3.63) is 87.9 Å². The van der Waals surface area contributed by atoms with Crippen LogP contribution in [0.1, 0.15) is 35.7 Å². The number of amides is 1. The van der Waals surface area contributed by atoms with E-state index >= 15 is 0 Å². The Morgan fingerprint density at radius 2 is 1.66 bits per heavy atom. The summed E-state index contributed by atoms with van der Waals surface area (Å²) in [7, 11) is 0. The molecular weight excluding hydrogens is 491 g/mol. The van der Waals surface area contributed by atoms with Crippen LogP contribution < -0.4 is 19.6 Å². The number of hydrazone groups is 1. The van der Waals surface area contributed by atoms with Gasteiger partial charge in [-0.05, 0) is 72.6 Å². The molecule has 0 aliphatic carbocycles. The first-order valence-electron chi connectivity index (χ1n) is 10.9. The van der Waals surface area contributed by atoms with Crippen molar-refractivity contribution in [3.63, 3.8) is 0 Å². The van der Waals surface area contributed by atoms with Crippen molar-refractivity contribution in [1.29, 1.82) is 0 Å². The van der Waals surface area contributed by atoms with Gasteiger partial charge in [0, 0.05) is 0 Å². The van der Waals surface area contributed by atoms with Gasteiger partial charge in [0.25, 0.3) is 5.91 Å². The highest BCUT2D eigenvalue weighted by Crippen LogP contribution is 2.31. The molecule has 0 atom stereocenters. The molecule has 0 saturated heterocycles. The first kappa shape index (κ1) is 26.1. The monoisotopic (exact) mass is 514 g/mol. The SMILES string of the molecule is CCCCOc1ccc(C(=O)Oc2ccc(/C=N/NC(=O)COc3cccc(Cl)c3Cl)cc2)cc1. The molecule has 3 aromatic rings.